The van der Waals surface area contributed by atoms with Gasteiger partial charge in [0.05, 0.1) is 18.0 Å². The number of ether oxygens (including phenoxy) is 1. The molecule has 0 amide bonds. The summed E-state index contributed by atoms with van der Waals surface area (Å²) in [4.78, 5) is 9.23. The van der Waals surface area contributed by atoms with Crippen LogP contribution in [0.5, 0.6) is 0 Å². The first-order chi connectivity index (χ1) is 13.6. The Morgan fingerprint density at radius 2 is 2.00 bits per heavy atom. The van der Waals surface area contributed by atoms with Crippen molar-refractivity contribution < 1.29 is 4.74 Å². The van der Waals surface area contributed by atoms with E-state index in [4.69, 9.17) is 10.5 Å². The van der Waals surface area contributed by atoms with Crippen LogP contribution in [0, 0.1) is 11.3 Å². The van der Waals surface area contributed by atoms with Gasteiger partial charge in [-0.1, -0.05) is 19.9 Å². The molecule has 3 aromatic heterocycles. The molecule has 0 saturated carbocycles. The fourth-order valence-corrected chi connectivity index (χ4v) is 3.25. The summed E-state index contributed by atoms with van der Waals surface area (Å²) in [5, 5.41) is 17.4. The Kier molecular flexibility index (Phi) is 6.06. The van der Waals surface area contributed by atoms with Gasteiger partial charge in [0.15, 0.2) is 5.65 Å². The van der Waals surface area contributed by atoms with Crippen LogP contribution in [0.25, 0.3) is 5.65 Å². The lowest BCUT2D eigenvalue weighted by Gasteiger charge is -2.11. The minimum atomic E-state index is 0.307. The normalized spacial score (nSPS) is 10.9. The molecule has 0 spiro atoms. The van der Waals surface area contributed by atoms with E-state index in [1.807, 2.05) is 25.1 Å². The van der Waals surface area contributed by atoms with Crippen molar-refractivity contribution in [2.24, 2.45) is 0 Å². The molecule has 8 heteroatoms. The van der Waals surface area contributed by atoms with E-state index in [-0.39, 0.29) is 0 Å². The number of anilines is 2. The summed E-state index contributed by atoms with van der Waals surface area (Å²) in [6, 6.07) is 8.02. The number of aromatic nitrogens is 4. The van der Waals surface area contributed by atoms with E-state index in [0.29, 0.717) is 42.4 Å². The predicted molar refractivity (Wildman–Crippen MR) is 108 cm³/mol. The number of hydrogen-bond donors (Lipinski definition) is 2. The van der Waals surface area contributed by atoms with Crippen LogP contribution in [-0.4, -0.2) is 33.2 Å². The van der Waals surface area contributed by atoms with Gasteiger partial charge in [0.25, 0.3) is 0 Å². The molecule has 3 aromatic rings. The number of methoxy groups -OCH3 is 1. The number of pyridine rings is 1. The first-order valence-corrected chi connectivity index (χ1v) is 9.40. The number of fused-ring (bicyclic) bond motifs is 1. The van der Waals surface area contributed by atoms with Crippen molar-refractivity contribution in [1.29, 1.82) is 5.26 Å². The number of aryl methyl sites for hydroxylation is 2. The number of nitrogens with two attached hydrogens (primary N) is 1. The number of hydrogen-bond acceptors (Lipinski definition) is 7. The summed E-state index contributed by atoms with van der Waals surface area (Å²) in [7, 11) is 1.65. The second-order valence-electron chi connectivity index (χ2n) is 6.43. The monoisotopic (exact) mass is 379 g/mol. The third-order valence-corrected chi connectivity index (χ3v) is 4.61. The number of nitrogens with zero attached hydrogens (tertiary/aromatic N) is 5. The summed E-state index contributed by atoms with van der Waals surface area (Å²) >= 11 is 0. The molecular formula is C20H25N7O. The molecular weight excluding hydrogens is 354 g/mol. The highest BCUT2D eigenvalue weighted by atomic mass is 16.5. The Morgan fingerprint density at radius 1 is 1.21 bits per heavy atom. The quantitative estimate of drug-likeness (QED) is 0.618. The maximum atomic E-state index is 9.58. The van der Waals surface area contributed by atoms with Gasteiger partial charge < -0.3 is 15.8 Å². The van der Waals surface area contributed by atoms with E-state index >= 15 is 0 Å². The second kappa shape index (κ2) is 8.67. The van der Waals surface area contributed by atoms with Crippen molar-refractivity contribution in [3.63, 3.8) is 0 Å². The lowest BCUT2D eigenvalue weighted by Crippen LogP contribution is -2.13. The lowest BCUT2D eigenvalue weighted by molar-refractivity contribution is 0.181. The van der Waals surface area contributed by atoms with Crippen molar-refractivity contribution in [2.45, 2.75) is 39.7 Å². The first kappa shape index (κ1) is 19.6. The van der Waals surface area contributed by atoms with Crippen LogP contribution in [0.2, 0.25) is 0 Å². The van der Waals surface area contributed by atoms with Gasteiger partial charge in [-0.05, 0) is 25.0 Å². The minimum Gasteiger partial charge on any atom is -0.382 e. The number of nitrogens with one attached hydrogen (secondary N) is 1. The third-order valence-electron chi connectivity index (χ3n) is 4.61. The molecule has 0 aliphatic heterocycles. The average molecular weight is 379 g/mol. The second-order valence-corrected chi connectivity index (χ2v) is 6.43. The molecule has 28 heavy (non-hydrogen) atoms. The standard InChI is InChI=1S/C20H25N7O/c1-4-15-17(5-2)26-27-18(22)16(11-21)19(25-20(15)27)23-10-9-13-7-6-8-14(24-13)12-28-3/h6-8H,4-5,9-10,12,22H2,1-3H3,(H,23,25). The minimum absolute atomic E-state index is 0.307. The van der Waals surface area contributed by atoms with Crippen molar-refractivity contribution in [2.75, 3.05) is 24.7 Å². The topological polar surface area (TPSA) is 114 Å². The summed E-state index contributed by atoms with van der Waals surface area (Å²) in [6.07, 6.45) is 2.29. The van der Waals surface area contributed by atoms with E-state index in [9.17, 15) is 5.26 Å². The third kappa shape index (κ3) is 3.75. The first-order valence-electron chi connectivity index (χ1n) is 9.40. The average Bonchev–Trinajstić information content (AvgIpc) is 3.07. The molecule has 0 aliphatic rings. The summed E-state index contributed by atoms with van der Waals surface area (Å²) < 4.78 is 6.71. The fourth-order valence-electron chi connectivity index (χ4n) is 3.25. The molecule has 8 nitrogen and oxygen atoms in total. The summed E-state index contributed by atoms with van der Waals surface area (Å²) in [5.74, 6) is 0.794. The highest BCUT2D eigenvalue weighted by Crippen LogP contribution is 2.25. The Labute approximate surface area is 164 Å². The molecule has 0 saturated heterocycles. The zero-order chi connectivity index (χ0) is 20.1. The number of rotatable bonds is 8. The smallest absolute Gasteiger partial charge is 0.163 e. The Balaban J connectivity index is 1.86. The van der Waals surface area contributed by atoms with Crippen LogP contribution in [0.3, 0.4) is 0 Å². The van der Waals surface area contributed by atoms with E-state index in [1.165, 1.54) is 0 Å². The van der Waals surface area contributed by atoms with Gasteiger partial charge in [0, 0.05) is 31.3 Å². The SMILES string of the molecule is CCc1nn2c(N)c(C#N)c(NCCc3cccc(COC)n3)nc2c1CC. The zero-order valence-corrected chi connectivity index (χ0v) is 16.5. The molecule has 0 bridgehead atoms. The summed E-state index contributed by atoms with van der Waals surface area (Å²) in [5.41, 5.74) is 11.1. The lowest BCUT2D eigenvalue weighted by atomic mass is 10.1. The van der Waals surface area contributed by atoms with Crippen LogP contribution < -0.4 is 11.1 Å². The zero-order valence-electron chi connectivity index (χ0n) is 16.5. The van der Waals surface area contributed by atoms with Gasteiger partial charge in [0.2, 0.25) is 0 Å². The van der Waals surface area contributed by atoms with Crippen molar-refractivity contribution in [3.8, 4) is 6.07 Å². The van der Waals surface area contributed by atoms with Crippen LogP contribution in [0.15, 0.2) is 18.2 Å². The number of nitriles is 1. The molecule has 146 valence electrons. The van der Waals surface area contributed by atoms with Gasteiger partial charge in [-0.3, -0.25) is 4.98 Å². The van der Waals surface area contributed by atoms with Crippen LogP contribution in [0.4, 0.5) is 11.6 Å². The maximum Gasteiger partial charge on any atom is 0.163 e. The Hall–Kier alpha value is -3.18. The van der Waals surface area contributed by atoms with E-state index in [2.05, 4.69) is 33.4 Å². The van der Waals surface area contributed by atoms with E-state index in [0.717, 1.165) is 35.5 Å². The van der Waals surface area contributed by atoms with Crippen molar-refractivity contribution >= 4 is 17.3 Å². The van der Waals surface area contributed by atoms with Crippen LogP contribution >= 0.6 is 0 Å². The number of nitrogen functional groups attached to an aromatic ring is 1. The van der Waals surface area contributed by atoms with Gasteiger partial charge in [-0.2, -0.15) is 14.9 Å². The Morgan fingerprint density at radius 3 is 2.68 bits per heavy atom. The van der Waals surface area contributed by atoms with Crippen LogP contribution in [0.1, 0.15) is 42.1 Å². The highest BCUT2D eigenvalue weighted by molar-refractivity contribution is 5.69. The van der Waals surface area contributed by atoms with E-state index in [1.54, 1.807) is 11.6 Å². The Bertz CT molecular complexity index is 1020. The van der Waals surface area contributed by atoms with Gasteiger partial charge in [0.1, 0.15) is 23.3 Å². The van der Waals surface area contributed by atoms with E-state index < -0.39 is 0 Å². The molecule has 0 aliphatic carbocycles. The molecule has 0 radical (unpaired) electrons. The summed E-state index contributed by atoms with van der Waals surface area (Å²) in [6.45, 7) is 5.18. The van der Waals surface area contributed by atoms with Crippen molar-refractivity contribution in [3.05, 3.63) is 46.4 Å². The molecule has 0 unspecified atom stereocenters. The molecule has 0 aromatic carbocycles. The van der Waals surface area contributed by atoms with Crippen LogP contribution in [-0.2, 0) is 30.6 Å². The fraction of sp³-hybridized carbons (Fsp3) is 0.400. The largest absolute Gasteiger partial charge is 0.382 e. The molecule has 0 fully saturated rings. The van der Waals surface area contributed by atoms with Gasteiger partial charge >= 0.3 is 0 Å². The van der Waals surface area contributed by atoms with Gasteiger partial charge in [-0.25, -0.2) is 4.98 Å². The van der Waals surface area contributed by atoms with Gasteiger partial charge in [-0.15, -0.1) is 0 Å². The van der Waals surface area contributed by atoms with Crippen molar-refractivity contribution in [1.82, 2.24) is 19.6 Å². The molecule has 3 rings (SSSR count). The molecule has 0 atom stereocenters. The predicted octanol–water partition coefficient (Wildman–Crippen LogP) is 2.50. The highest BCUT2D eigenvalue weighted by Gasteiger charge is 2.19. The maximum absolute atomic E-state index is 9.58. The molecule has 3 N–H and O–H groups in total. The molecule has 3 heterocycles.